The second kappa shape index (κ2) is 8.93. The number of ether oxygens (including phenoxy) is 3. The lowest BCUT2D eigenvalue weighted by Gasteiger charge is -2.17. The van der Waals surface area contributed by atoms with Gasteiger partial charge in [0, 0.05) is 13.0 Å². The largest absolute Gasteiger partial charge is 0.494 e. The zero-order valence-electron chi connectivity index (χ0n) is 17.4. The first-order valence-electron chi connectivity index (χ1n) is 9.63. The molecule has 1 unspecified atom stereocenters. The van der Waals surface area contributed by atoms with E-state index in [9.17, 15) is 14.7 Å². The average Bonchev–Trinajstić information content (AvgIpc) is 3.21. The van der Waals surface area contributed by atoms with Gasteiger partial charge in [-0.1, -0.05) is 13.3 Å². The van der Waals surface area contributed by atoms with Gasteiger partial charge in [0.2, 0.25) is 11.6 Å². The summed E-state index contributed by atoms with van der Waals surface area (Å²) < 4.78 is 17.3. The molecule has 10 heteroatoms. The highest BCUT2D eigenvalue weighted by Crippen LogP contribution is 2.41. The molecule has 0 fully saturated rings. The van der Waals surface area contributed by atoms with Gasteiger partial charge in [-0.05, 0) is 24.1 Å². The van der Waals surface area contributed by atoms with Crippen molar-refractivity contribution < 1.29 is 19.3 Å². The lowest BCUT2D eigenvalue weighted by Crippen LogP contribution is -2.33. The Bertz CT molecular complexity index is 1050. The number of H-pyrrole nitrogens is 1. The van der Waals surface area contributed by atoms with Crippen molar-refractivity contribution in [2.45, 2.75) is 38.8 Å². The third kappa shape index (κ3) is 3.85. The molecule has 3 N–H and O–H groups in total. The second-order valence-corrected chi connectivity index (χ2v) is 6.87. The van der Waals surface area contributed by atoms with Crippen LogP contribution in [0.25, 0.3) is 0 Å². The van der Waals surface area contributed by atoms with Gasteiger partial charge in [-0.15, -0.1) is 0 Å². The van der Waals surface area contributed by atoms with Crippen LogP contribution in [0.2, 0.25) is 0 Å². The minimum absolute atomic E-state index is 0.00635. The molecule has 1 aromatic carbocycles. The molecule has 0 spiro atoms. The van der Waals surface area contributed by atoms with Crippen LogP contribution in [0.3, 0.4) is 0 Å². The Labute approximate surface area is 173 Å². The van der Waals surface area contributed by atoms with E-state index in [1.807, 2.05) is 6.92 Å². The molecule has 162 valence electrons. The molecule has 0 bridgehead atoms. The molecule has 10 nitrogen and oxygen atoms in total. The van der Waals surface area contributed by atoms with Gasteiger partial charge in [0.15, 0.2) is 11.5 Å². The molecule has 3 rings (SSSR count). The minimum Gasteiger partial charge on any atom is -0.494 e. The van der Waals surface area contributed by atoms with Crippen LogP contribution in [-0.2, 0) is 6.54 Å². The van der Waals surface area contributed by atoms with Crippen molar-refractivity contribution in [3.8, 4) is 23.1 Å². The van der Waals surface area contributed by atoms with Gasteiger partial charge in [-0.2, -0.15) is 5.10 Å². The summed E-state index contributed by atoms with van der Waals surface area (Å²) in [5.74, 6) is 1.09. The molecule has 0 aliphatic carbocycles. The van der Waals surface area contributed by atoms with Crippen LogP contribution in [0, 0.1) is 0 Å². The number of hydrazone groups is 1. The highest BCUT2D eigenvalue weighted by atomic mass is 16.5. The van der Waals surface area contributed by atoms with E-state index in [-0.39, 0.29) is 17.5 Å². The fourth-order valence-electron chi connectivity index (χ4n) is 3.44. The number of hydrogen-bond donors (Lipinski definition) is 3. The molecule has 0 saturated carbocycles. The highest BCUT2D eigenvalue weighted by molar-refractivity contribution is 6.03. The predicted molar refractivity (Wildman–Crippen MR) is 111 cm³/mol. The molecule has 1 aromatic heterocycles. The zero-order valence-corrected chi connectivity index (χ0v) is 17.4. The molecule has 0 amide bonds. The lowest BCUT2D eigenvalue weighted by molar-refractivity contribution is 0.323. The van der Waals surface area contributed by atoms with Crippen LogP contribution in [0.15, 0.2) is 26.8 Å². The van der Waals surface area contributed by atoms with Gasteiger partial charge in [-0.3, -0.25) is 14.3 Å². The standard InChI is InChI=1S/C20H26N4O6/c1-5-6-7-24-19(26)16(18(25)21-20(24)27)13-10-12(22-23-13)11-8-14(28-2)17(30-4)15(9-11)29-3/h8-9,12,22,26H,5-7,10H2,1-4H3,(H,21,25,27). The zero-order chi connectivity index (χ0) is 21.8. The summed E-state index contributed by atoms with van der Waals surface area (Å²) in [7, 11) is 4.59. The van der Waals surface area contributed by atoms with Crippen molar-refractivity contribution in [2.75, 3.05) is 21.3 Å². The van der Waals surface area contributed by atoms with Crippen molar-refractivity contribution >= 4 is 5.71 Å². The maximum atomic E-state index is 12.4. The summed E-state index contributed by atoms with van der Waals surface area (Å²) in [6, 6.07) is 3.30. The Morgan fingerprint density at radius 2 is 1.83 bits per heavy atom. The quantitative estimate of drug-likeness (QED) is 0.593. The number of hydrogen-bond acceptors (Lipinski definition) is 8. The molecular weight excluding hydrogens is 392 g/mol. The number of nitrogens with one attached hydrogen (secondary N) is 2. The molecule has 0 saturated heterocycles. The molecule has 2 heterocycles. The topological polar surface area (TPSA) is 127 Å². The third-order valence-corrected chi connectivity index (χ3v) is 5.04. The van der Waals surface area contributed by atoms with E-state index in [1.165, 1.54) is 21.3 Å². The lowest BCUT2D eigenvalue weighted by atomic mass is 9.99. The molecule has 1 aliphatic heterocycles. The van der Waals surface area contributed by atoms with Crippen LogP contribution in [0.1, 0.15) is 43.4 Å². The van der Waals surface area contributed by atoms with Crippen molar-refractivity contribution in [3.05, 3.63) is 44.1 Å². The van der Waals surface area contributed by atoms with Crippen LogP contribution in [-0.4, -0.2) is 41.7 Å². The highest BCUT2D eigenvalue weighted by Gasteiger charge is 2.28. The average molecular weight is 418 g/mol. The number of aromatic hydroxyl groups is 1. The number of aromatic nitrogens is 2. The van der Waals surface area contributed by atoms with E-state index < -0.39 is 11.2 Å². The molecule has 0 radical (unpaired) electrons. The number of benzene rings is 1. The summed E-state index contributed by atoms with van der Waals surface area (Å²) in [5.41, 5.74) is 2.83. The SMILES string of the molecule is CCCCn1c(O)c(C2=NNC(c3cc(OC)c(OC)c(OC)c3)C2)c(=O)[nH]c1=O. The third-order valence-electron chi connectivity index (χ3n) is 5.04. The van der Waals surface area contributed by atoms with E-state index in [2.05, 4.69) is 15.5 Å². The van der Waals surface area contributed by atoms with Crippen LogP contribution in [0.5, 0.6) is 23.1 Å². The summed E-state index contributed by atoms with van der Waals surface area (Å²) >= 11 is 0. The van der Waals surface area contributed by atoms with E-state index in [4.69, 9.17) is 14.2 Å². The number of nitrogens with zero attached hydrogens (tertiary/aromatic N) is 2. The molecule has 30 heavy (non-hydrogen) atoms. The molecule has 1 atom stereocenters. The summed E-state index contributed by atoms with van der Waals surface area (Å²) in [4.78, 5) is 26.7. The Kier molecular flexibility index (Phi) is 6.34. The number of methoxy groups -OCH3 is 3. The Morgan fingerprint density at radius 3 is 2.40 bits per heavy atom. The van der Waals surface area contributed by atoms with Crippen LogP contribution >= 0.6 is 0 Å². The van der Waals surface area contributed by atoms with Crippen LogP contribution in [0.4, 0.5) is 0 Å². The molecular formula is C20H26N4O6. The Hall–Kier alpha value is -3.43. The maximum Gasteiger partial charge on any atom is 0.331 e. The Balaban J connectivity index is 1.94. The number of rotatable bonds is 8. The van der Waals surface area contributed by atoms with E-state index in [0.717, 1.165) is 16.6 Å². The number of aromatic amines is 1. The smallest absolute Gasteiger partial charge is 0.331 e. The second-order valence-electron chi connectivity index (χ2n) is 6.87. The molecule has 1 aliphatic rings. The normalized spacial score (nSPS) is 15.5. The van der Waals surface area contributed by atoms with Crippen molar-refractivity contribution in [3.63, 3.8) is 0 Å². The van der Waals surface area contributed by atoms with Crippen LogP contribution < -0.4 is 30.9 Å². The summed E-state index contributed by atoms with van der Waals surface area (Å²) in [6.45, 7) is 2.28. The molecule has 2 aromatic rings. The van der Waals surface area contributed by atoms with Gasteiger partial charge < -0.3 is 24.7 Å². The van der Waals surface area contributed by atoms with Gasteiger partial charge in [0.05, 0.1) is 33.1 Å². The van der Waals surface area contributed by atoms with Crippen molar-refractivity contribution in [1.29, 1.82) is 0 Å². The van der Waals surface area contributed by atoms with Gasteiger partial charge in [-0.25, -0.2) is 4.79 Å². The van der Waals surface area contributed by atoms with Gasteiger partial charge in [0.25, 0.3) is 5.56 Å². The summed E-state index contributed by atoms with van der Waals surface area (Å²) in [5, 5.41) is 14.9. The van der Waals surface area contributed by atoms with Crippen molar-refractivity contribution in [1.82, 2.24) is 15.0 Å². The monoisotopic (exact) mass is 418 g/mol. The van der Waals surface area contributed by atoms with Gasteiger partial charge >= 0.3 is 5.69 Å². The fourth-order valence-corrected chi connectivity index (χ4v) is 3.44. The first kappa shape index (κ1) is 21.3. The first-order chi connectivity index (χ1) is 14.4. The fraction of sp³-hybridized carbons (Fsp3) is 0.450. The summed E-state index contributed by atoms with van der Waals surface area (Å²) in [6.07, 6.45) is 1.85. The van der Waals surface area contributed by atoms with E-state index in [1.54, 1.807) is 12.1 Å². The number of unbranched alkanes of at least 4 members (excludes halogenated alkanes) is 1. The van der Waals surface area contributed by atoms with E-state index >= 15 is 0 Å². The first-order valence-corrected chi connectivity index (χ1v) is 9.63. The predicted octanol–water partition coefficient (Wildman–Crippen LogP) is 1.51. The van der Waals surface area contributed by atoms with E-state index in [0.29, 0.717) is 42.3 Å². The maximum absolute atomic E-state index is 12.4. The van der Waals surface area contributed by atoms with Gasteiger partial charge in [0.1, 0.15) is 5.56 Å². The van der Waals surface area contributed by atoms with Crippen molar-refractivity contribution in [2.24, 2.45) is 5.10 Å². The Morgan fingerprint density at radius 1 is 1.17 bits per heavy atom. The minimum atomic E-state index is -0.670.